The average molecular weight is 280 g/mol. The minimum Gasteiger partial charge on any atom is -0.345 e. The first-order chi connectivity index (χ1) is 10.3. The van der Waals surface area contributed by atoms with Crippen LogP contribution in [0.25, 0.3) is 5.69 Å². The SMILES string of the molecule is CNC(C)c1cccn1Cc1cnn(-c2ccccc2)c1. The summed E-state index contributed by atoms with van der Waals surface area (Å²) in [5.41, 5.74) is 3.56. The summed E-state index contributed by atoms with van der Waals surface area (Å²) in [4.78, 5) is 0. The lowest BCUT2D eigenvalue weighted by atomic mass is 10.2. The van der Waals surface area contributed by atoms with E-state index in [0.29, 0.717) is 6.04 Å². The first kappa shape index (κ1) is 13.6. The standard InChI is InChI=1S/C17H20N4/c1-14(18-2)17-9-6-10-20(17)12-15-11-19-21(13-15)16-7-4-3-5-8-16/h3-11,13-14,18H,12H2,1-2H3. The third kappa shape index (κ3) is 2.90. The molecule has 4 nitrogen and oxygen atoms in total. The molecule has 1 atom stereocenters. The maximum atomic E-state index is 4.45. The molecule has 0 fully saturated rings. The van der Waals surface area contributed by atoms with Crippen LogP contribution in [0.3, 0.4) is 0 Å². The molecule has 0 aliphatic heterocycles. The molecule has 0 amide bonds. The van der Waals surface area contributed by atoms with E-state index < -0.39 is 0 Å². The Labute approximate surface area is 125 Å². The van der Waals surface area contributed by atoms with Crippen LogP contribution in [-0.4, -0.2) is 21.4 Å². The Balaban J connectivity index is 1.81. The monoisotopic (exact) mass is 280 g/mol. The zero-order valence-electron chi connectivity index (χ0n) is 12.4. The summed E-state index contributed by atoms with van der Waals surface area (Å²) in [7, 11) is 1.98. The highest BCUT2D eigenvalue weighted by atomic mass is 15.3. The van der Waals surface area contributed by atoms with Crippen molar-refractivity contribution in [2.24, 2.45) is 0 Å². The quantitative estimate of drug-likeness (QED) is 0.779. The molecule has 1 aromatic carbocycles. The third-order valence-electron chi connectivity index (χ3n) is 3.75. The summed E-state index contributed by atoms with van der Waals surface area (Å²) in [5, 5.41) is 7.73. The topological polar surface area (TPSA) is 34.8 Å². The Morgan fingerprint density at radius 3 is 2.71 bits per heavy atom. The van der Waals surface area contributed by atoms with Crippen molar-refractivity contribution in [3.05, 3.63) is 72.3 Å². The van der Waals surface area contributed by atoms with Crippen molar-refractivity contribution < 1.29 is 0 Å². The Morgan fingerprint density at radius 1 is 1.14 bits per heavy atom. The molecule has 21 heavy (non-hydrogen) atoms. The molecule has 0 aliphatic rings. The van der Waals surface area contributed by atoms with E-state index in [0.717, 1.165) is 12.2 Å². The maximum Gasteiger partial charge on any atom is 0.0645 e. The van der Waals surface area contributed by atoms with Crippen LogP contribution < -0.4 is 5.32 Å². The predicted octanol–water partition coefficient (Wildman–Crippen LogP) is 3.00. The predicted molar refractivity (Wildman–Crippen MR) is 84.6 cm³/mol. The maximum absolute atomic E-state index is 4.45. The van der Waals surface area contributed by atoms with E-state index in [2.05, 4.69) is 58.6 Å². The van der Waals surface area contributed by atoms with E-state index in [1.54, 1.807) is 0 Å². The van der Waals surface area contributed by atoms with Gasteiger partial charge in [0.1, 0.15) is 0 Å². The van der Waals surface area contributed by atoms with Crippen molar-refractivity contribution in [1.29, 1.82) is 0 Å². The van der Waals surface area contributed by atoms with Crippen molar-refractivity contribution >= 4 is 0 Å². The van der Waals surface area contributed by atoms with Gasteiger partial charge in [-0.15, -0.1) is 0 Å². The molecular formula is C17H20N4. The largest absolute Gasteiger partial charge is 0.345 e. The van der Waals surface area contributed by atoms with Crippen molar-refractivity contribution in [2.75, 3.05) is 7.05 Å². The number of hydrogen-bond donors (Lipinski definition) is 1. The number of benzene rings is 1. The minimum atomic E-state index is 0.337. The lowest BCUT2D eigenvalue weighted by molar-refractivity contribution is 0.589. The highest BCUT2D eigenvalue weighted by molar-refractivity contribution is 5.31. The smallest absolute Gasteiger partial charge is 0.0645 e. The Hall–Kier alpha value is -2.33. The van der Waals surface area contributed by atoms with Crippen LogP contribution in [0.5, 0.6) is 0 Å². The Morgan fingerprint density at radius 2 is 1.95 bits per heavy atom. The van der Waals surface area contributed by atoms with Gasteiger partial charge in [0.15, 0.2) is 0 Å². The fraction of sp³-hybridized carbons (Fsp3) is 0.235. The van der Waals surface area contributed by atoms with E-state index in [-0.39, 0.29) is 0 Å². The number of para-hydroxylation sites is 1. The molecule has 0 spiro atoms. The summed E-state index contributed by atoms with van der Waals surface area (Å²) in [5.74, 6) is 0. The molecule has 108 valence electrons. The molecule has 2 heterocycles. The molecular weight excluding hydrogens is 260 g/mol. The van der Waals surface area contributed by atoms with Crippen molar-refractivity contribution in [1.82, 2.24) is 19.7 Å². The molecule has 3 aromatic rings. The van der Waals surface area contributed by atoms with Gasteiger partial charge in [-0.2, -0.15) is 5.10 Å². The second-order valence-corrected chi connectivity index (χ2v) is 5.20. The van der Waals surface area contributed by atoms with Crippen LogP contribution in [0.2, 0.25) is 0 Å². The summed E-state index contributed by atoms with van der Waals surface area (Å²) in [6.07, 6.45) is 6.13. The van der Waals surface area contributed by atoms with Gasteiger partial charge in [-0.25, -0.2) is 4.68 Å². The van der Waals surface area contributed by atoms with Gasteiger partial charge in [0, 0.05) is 29.7 Å². The van der Waals surface area contributed by atoms with Crippen LogP contribution in [-0.2, 0) is 6.54 Å². The number of aromatic nitrogens is 3. The van der Waals surface area contributed by atoms with Gasteiger partial charge in [0.25, 0.3) is 0 Å². The molecule has 0 saturated heterocycles. The second kappa shape index (κ2) is 5.97. The van der Waals surface area contributed by atoms with E-state index in [9.17, 15) is 0 Å². The molecule has 0 radical (unpaired) electrons. The normalized spacial score (nSPS) is 12.5. The molecule has 4 heteroatoms. The van der Waals surface area contributed by atoms with Crippen LogP contribution >= 0.6 is 0 Å². The van der Waals surface area contributed by atoms with E-state index in [1.165, 1.54) is 11.3 Å². The summed E-state index contributed by atoms with van der Waals surface area (Å²) in [6, 6.07) is 14.8. The second-order valence-electron chi connectivity index (χ2n) is 5.20. The molecule has 1 unspecified atom stereocenters. The highest BCUT2D eigenvalue weighted by Crippen LogP contribution is 2.15. The average Bonchev–Trinajstić information content (AvgIpc) is 3.17. The fourth-order valence-electron chi connectivity index (χ4n) is 2.47. The summed E-state index contributed by atoms with van der Waals surface area (Å²) in [6.45, 7) is 3.00. The van der Waals surface area contributed by atoms with Crippen LogP contribution in [0, 0.1) is 0 Å². The van der Waals surface area contributed by atoms with E-state index in [1.807, 2.05) is 36.1 Å². The van der Waals surface area contributed by atoms with Gasteiger partial charge in [-0.3, -0.25) is 0 Å². The highest BCUT2D eigenvalue weighted by Gasteiger charge is 2.09. The molecule has 0 bridgehead atoms. The Bertz CT molecular complexity index is 696. The molecule has 0 aliphatic carbocycles. The number of rotatable bonds is 5. The molecule has 2 aromatic heterocycles. The van der Waals surface area contributed by atoms with Crippen molar-refractivity contribution in [3.8, 4) is 5.69 Å². The van der Waals surface area contributed by atoms with Crippen molar-refractivity contribution in [2.45, 2.75) is 19.5 Å². The van der Waals surface area contributed by atoms with Gasteiger partial charge < -0.3 is 9.88 Å². The van der Waals surface area contributed by atoms with Gasteiger partial charge in [-0.1, -0.05) is 18.2 Å². The van der Waals surface area contributed by atoms with E-state index >= 15 is 0 Å². The first-order valence-electron chi connectivity index (χ1n) is 7.19. The fourth-order valence-corrected chi connectivity index (χ4v) is 2.47. The summed E-state index contributed by atoms with van der Waals surface area (Å²) >= 11 is 0. The molecule has 3 rings (SSSR count). The van der Waals surface area contributed by atoms with Gasteiger partial charge in [-0.05, 0) is 38.2 Å². The van der Waals surface area contributed by atoms with Crippen molar-refractivity contribution in [3.63, 3.8) is 0 Å². The third-order valence-corrected chi connectivity index (χ3v) is 3.75. The van der Waals surface area contributed by atoms with Crippen LogP contribution in [0.1, 0.15) is 24.2 Å². The number of nitrogens with zero attached hydrogens (tertiary/aromatic N) is 3. The summed E-state index contributed by atoms with van der Waals surface area (Å²) < 4.78 is 4.17. The van der Waals surface area contributed by atoms with Crippen LogP contribution in [0.4, 0.5) is 0 Å². The zero-order valence-corrected chi connectivity index (χ0v) is 12.4. The lowest BCUT2D eigenvalue weighted by Crippen LogP contribution is -2.16. The number of hydrogen-bond acceptors (Lipinski definition) is 2. The zero-order chi connectivity index (χ0) is 14.7. The van der Waals surface area contributed by atoms with Gasteiger partial charge >= 0.3 is 0 Å². The minimum absolute atomic E-state index is 0.337. The van der Waals surface area contributed by atoms with Gasteiger partial charge in [0.2, 0.25) is 0 Å². The van der Waals surface area contributed by atoms with Gasteiger partial charge in [0.05, 0.1) is 18.4 Å². The molecule has 0 saturated carbocycles. The first-order valence-corrected chi connectivity index (χ1v) is 7.19. The van der Waals surface area contributed by atoms with E-state index in [4.69, 9.17) is 0 Å². The van der Waals surface area contributed by atoms with Crippen LogP contribution in [0.15, 0.2) is 61.1 Å². The molecule has 1 N–H and O–H groups in total. The Kier molecular flexibility index (Phi) is 3.88. The lowest BCUT2D eigenvalue weighted by Gasteiger charge is -2.14. The number of nitrogens with one attached hydrogen (secondary N) is 1.